The Morgan fingerprint density at radius 1 is 1.32 bits per heavy atom. The van der Waals surface area contributed by atoms with Crippen LogP contribution in [-0.2, 0) is 21.4 Å². The molecule has 1 aliphatic heterocycles. The topological polar surface area (TPSA) is 134 Å². The van der Waals surface area contributed by atoms with Crippen LogP contribution in [0.2, 0.25) is 0 Å². The molecule has 1 saturated carbocycles. The number of nitrogens with two attached hydrogens (primary N) is 1. The average molecular weight is 585 g/mol. The SMILES string of the molecule is Cc1c2cnn1CCCC1CC(C)(C)C1/C(=C\C=C(/N)n1ccc(OCC(C)(C)C(F)(F)F)n1)C(=O)NS2(=O)=O. The average Bonchev–Trinajstić information content (AvgIpc) is 3.45. The molecule has 0 saturated heterocycles. The van der Waals surface area contributed by atoms with E-state index in [1.807, 2.05) is 13.8 Å². The smallest absolute Gasteiger partial charge is 0.397 e. The van der Waals surface area contributed by atoms with Gasteiger partial charge in [-0.15, -0.1) is 5.10 Å². The summed E-state index contributed by atoms with van der Waals surface area (Å²) in [6.45, 7) is 7.71. The molecule has 1 fully saturated rings. The molecule has 0 aromatic carbocycles. The fourth-order valence-corrected chi connectivity index (χ4v) is 6.59. The Bertz CT molecular complexity index is 1450. The van der Waals surface area contributed by atoms with Gasteiger partial charge in [-0.25, -0.2) is 17.8 Å². The number of fused-ring (bicyclic) bond motifs is 3. The van der Waals surface area contributed by atoms with E-state index >= 15 is 0 Å². The maximum atomic E-state index is 13.5. The number of ether oxygens (including phenoxy) is 1. The molecule has 2 bridgehead atoms. The van der Waals surface area contributed by atoms with E-state index in [9.17, 15) is 26.4 Å². The standard InChI is InChI=1S/C26H35F3N6O4S/c1-16-19-14-31-34(16)11-6-7-17-13-24(2,3)22(17)18(23(36)33-40(19,37)38)8-9-20(30)35-12-10-21(32-35)39-15-25(4,5)26(27,28)29/h8-10,12,14,17,22H,6-7,11,13,15,30H2,1-5H3,(H,33,36)/b18-8+,20-9+. The van der Waals surface area contributed by atoms with E-state index in [0.717, 1.165) is 33.1 Å². The number of allylic oxidation sites excluding steroid dienone is 2. The molecule has 40 heavy (non-hydrogen) atoms. The Hall–Kier alpha value is -3.29. The Kier molecular flexibility index (Phi) is 7.63. The third-order valence-electron chi connectivity index (χ3n) is 7.83. The summed E-state index contributed by atoms with van der Waals surface area (Å²) in [5.41, 5.74) is 4.58. The monoisotopic (exact) mass is 584 g/mol. The summed E-state index contributed by atoms with van der Waals surface area (Å²) >= 11 is 0. The molecule has 0 spiro atoms. The highest BCUT2D eigenvalue weighted by molar-refractivity contribution is 7.90. The lowest BCUT2D eigenvalue weighted by Gasteiger charge is -2.52. The van der Waals surface area contributed by atoms with Crippen molar-refractivity contribution in [2.75, 3.05) is 6.61 Å². The number of aryl methyl sites for hydroxylation is 1. The molecule has 14 heteroatoms. The van der Waals surface area contributed by atoms with Crippen molar-refractivity contribution in [2.24, 2.45) is 28.4 Å². The number of alkyl halides is 3. The highest BCUT2D eigenvalue weighted by atomic mass is 32.2. The van der Waals surface area contributed by atoms with Crippen molar-refractivity contribution in [1.82, 2.24) is 24.3 Å². The van der Waals surface area contributed by atoms with E-state index in [4.69, 9.17) is 10.5 Å². The maximum absolute atomic E-state index is 13.5. The van der Waals surface area contributed by atoms with Gasteiger partial charge in [-0.2, -0.15) is 18.3 Å². The molecule has 2 unspecified atom stereocenters. The van der Waals surface area contributed by atoms with Crippen LogP contribution in [0.15, 0.2) is 41.1 Å². The fourth-order valence-electron chi connectivity index (χ4n) is 5.44. The third kappa shape index (κ3) is 5.77. The van der Waals surface area contributed by atoms with Gasteiger partial charge in [0.15, 0.2) is 0 Å². The van der Waals surface area contributed by atoms with Gasteiger partial charge in [-0.3, -0.25) is 9.48 Å². The number of sulfonamides is 1. The van der Waals surface area contributed by atoms with Crippen LogP contribution in [0.25, 0.3) is 5.82 Å². The molecule has 2 aromatic heterocycles. The lowest BCUT2D eigenvalue weighted by Crippen LogP contribution is -2.48. The number of hydrogen-bond acceptors (Lipinski definition) is 7. The normalized spacial score (nSPS) is 24.4. The number of nitrogens with one attached hydrogen (secondary N) is 1. The van der Waals surface area contributed by atoms with Gasteiger partial charge < -0.3 is 10.5 Å². The fraction of sp³-hybridized carbons (Fsp3) is 0.577. The highest BCUT2D eigenvalue weighted by Gasteiger charge is 2.50. The van der Waals surface area contributed by atoms with Crippen LogP contribution in [0.4, 0.5) is 13.2 Å². The van der Waals surface area contributed by atoms with Crippen LogP contribution in [0.3, 0.4) is 0 Å². The first-order valence-corrected chi connectivity index (χ1v) is 14.4. The predicted molar refractivity (Wildman–Crippen MR) is 141 cm³/mol. The minimum absolute atomic E-state index is 0.0488. The zero-order valence-electron chi connectivity index (χ0n) is 23.1. The van der Waals surface area contributed by atoms with Crippen molar-refractivity contribution in [2.45, 2.75) is 71.5 Å². The Morgan fingerprint density at radius 2 is 2.02 bits per heavy atom. The van der Waals surface area contributed by atoms with Crippen LogP contribution in [0.1, 0.15) is 52.7 Å². The van der Waals surface area contributed by atoms with E-state index in [1.54, 1.807) is 11.6 Å². The second-order valence-electron chi connectivity index (χ2n) is 11.8. The third-order valence-corrected chi connectivity index (χ3v) is 9.26. The molecule has 10 nitrogen and oxygen atoms in total. The number of amides is 1. The van der Waals surface area contributed by atoms with Gasteiger partial charge in [0.2, 0.25) is 5.88 Å². The lowest BCUT2D eigenvalue weighted by molar-refractivity contribution is -0.219. The largest absolute Gasteiger partial charge is 0.476 e. The number of aromatic nitrogens is 4. The molecule has 1 aliphatic carbocycles. The van der Waals surface area contributed by atoms with Crippen molar-refractivity contribution >= 4 is 21.8 Å². The number of halogens is 3. The van der Waals surface area contributed by atoms with Crippen LogP contribution in [0, 0.1) is 29.6 Å². The summed E-state index contributed by atoms with van der Waals surface area (Å²) in [6.07, 6.45) is 3.60. The maximum Gasteiger partial charge on any atom is 0.397 e. The van der Waals surface area contributed by atoms with Gasteiger partial charge in [0.05, 0.1) is 17.3 Å². The molecule has 3 N–H and O–H groups in total. The molecule has 4 rings (SSSR count). The van der Waals surface area contributed by atoms with Crippen molar-refractivity contribution in [3.63, 3.8) is 0 Å². The molecule has 2 aromatic rings. The summed E-state index contributed by atoms with van der Waals surface area (Å²) in [4.78, 5) is 13.4. The molecule has 3 heterocycles. The Labute approximate surface area is 231 Å². The molecule has 0 radical (unpaired) electrons. The van der Waals surface area contributed by atoms with E-state index in [1.165, 1.54) is 35.3 Å². The van der Waals surface area contributed by atoms with E-state index in [-0.39, 0.29) is 39.4 Å². The number of hydrogen-bond donors (Lipinski definition) is 2. The van der Waals surface area contributed by atoms with Crippen LogP contribution >= 0.6 is 0 Å². The first-order chi connectivity index (χ1) is 18.4. The van der Waals surface area contributed by atoms with Gasteiger partial charge in [0.25, 0.3) is 15.9 Å². The van der Waals surface area contributed by atoms with Gasteiger partial charge in [-0.05, 0) is 69.4 Å². The van der Waals surface area contributed by atoms with Crippen LogP contribution in [0.5, 0.6) is 5.88 Å². The zero-order valence-corrected chi connectivity index (χ0v) is 23.9. The number of carbonyl (C=O) groups excluding carboxylic acids is 1. The quantitative estimate of drug-likeness (QED) is 0.508. The number of carbonyl (C=O) groups is 1. The first kappa shape index (κ1) is 29.7. The summed E-state index contributed by atoms with van der Waals surface area (Å²) in [5.74, 6) is -0.813. The number of rotatable bonds is 5. The van der Waals surface area contributed by atoms with E-state index < -0.39 is 34.1 Å². The predicted octanol–water partition coefficient (Wildman–Crippen LogP) is 4.00. The van der Waals surface area contributed by atoms with Gasteiger partial charge in [0.1, 0.15) is 17.3 Å². The Balaban J connectivity index is 1.63. The summed E-state index contributed by atoms with van der Waals surface area (Å²) in [7, 11) is -4.18. The zero-order chi connectivity index (χ0) is 29.7. The van der Waals surface area contributed by atoms with E-state index in [2.05, 4.69) is 14.9 Å². The molecular weight excluding hydrogens is 549 g/mol. The van der Waals surface area contributed by atoms with Crippen molar-refractivity contribution in [1.29, 1.82) is 0 Å². The second kappa shape index (κ2) is 10.3. The lowest BCUT2D eigenvalue weighted by atomic mass is 9.52. The molecular formula is C26H35F3N6O4S. The second-order valence-corrected chi connectivity index (χ2v) is 13.5. The summed E-state index contributed by atoms with van der Waals surface area (Å²) in [5, 5.41) is 8.27. The summed E-state index contributed by atoms with van der Waals surface area (Å²) < 4.78 is 75.9. The molecule has 2 aliphatic rings. The minimum atomic E-state index is -4.45. The number of nitrogens with zero attached hydrogens (tertiary/aromatic N) is 4. The molecule has 220 valence electrons. The van der Waals surface area contributed by atoms with Crippen molar-refractivity contribution in [3.8, 4) is 5.88 Å². The highest BCUT2D eigenvalue weighted by Crippen LogP contribution is 2.56. The van der Waals surface area contributed by atoms with Gasteiger partial charge >= 0.3 is 6.18 Å². The van der Waals surface area contributed by atoms with Gasteiger partial charge in [-0.1, -0.05) is 13.8 Å². The minimum Gasteiger partial charge on any atom is -0.476 e. The summed E-state index contributed by atoms with van der Waals surface area (Å²) in [6, 6.07) is 1.38. The van der Waals surface area contributed by atoms with Crippen LogP contribution in [-0.4, -0.2) is 46.7 Å². The molecule has 2 atom stereocenters. The first-order valence-electron chi connectivity index (χ1n) is 13.0. The van der Waals surface area contributed by atoms with Crippen molar-refractivity contribution in [3.05, 3.63) is 41.9 Å². The van der Waals surface area contributed by atoms with E-state index in [0.29, 0.717) is 12.2 Å². The van der Waals surface area contributed by atoms with Gasteiger partial charge in [0, 0.05) is 24.4 Å². The molecule has 1 amide bonds. The van der Waals surface area contributed by atoms with Crippen LogP contribution < -0.4 is 15.2 Å². The van der Waals surface area contributed by atoms with Crippen molar-refractivity contribution < 1.29 is 31.1 Å². The Morgan fingerprint density at radius 3 is 2.67 bits per heavy atom.